The quantitative estimate of drug-likeness (QED) is 0.504. The summed E-state index contributed by atoms with van der Waals surface area (Å²) < 4.78 is 5.30. The monoisotopic (exact) mass is 338 g/mol. The molecule has 1 N–H and O–H groups in total. The van der Waals surface area contributed by atoms with Gasteiger partial charge in [0.25, 0.3) is 5.69 Å². The van der Waals surface area contributed by atoms with Gasteiger partial charge in [-0.05, 0) is 37.5 Å². The Bertz CT molecular complexity index is 858. The Kier molecular flexibility index (Phi) is 4.79. The van der Waals surface area contributed by atoms with E-state index >= 15 is 0 Å². The van der Waals surface area contributed by atoms with Gasteiger partial charge >= 0.3 is 0 Å². The predicted molar refractivity (Wildman–Crippen MR) is 95.1 cm³/mol. The Morgan fingerprint density at radius 2 is 2.04 bits per heavy atom. The Morgan fingerprint density at radius 3 is 2.80 bits per heavy atom. The van der Waals surface area contributed by atoms with E-state index in [9.17, 15) is 14.9 Å². The van der Waals surface area contributed by atoms with Crippen LogP contribution in [0.1, 0.15) is 29.3 Å². The van der Waals surface area contributed by atoms with Crippen LogP contribution in [0.2, 0.25) is 0 Å². The maximum atomic E-state index is 12.5. The normalized spacial score (nSPS) is 14.9. The summed E-state index contributed by atoms with van der Waals surface area (Å²) in [4.78, 5) is 23.3. The Labute approximate surface area is 145 Å². The molecule has 0 saturated carbocycles. The van der Waals surface area contributed by atoms with Gasteiger partial charge < -0.3 is 10.1 Å². The van der Waals surface area contributed by atoms with E-state index in [0.717, 1.165) is 12.0 Å². The number of nitro benzene ring substituents is 1. The first-order valence-electron chi connectivity index (χ1n) is 8.09. The zero-order valence-electron chi connectivity index (χ0n) is 13.8. The van der Waals surface area contributed by atoms with E-state index in [0.29, 0.717) is 35.6 Å². The van der Waals surface area contributed by atoms with E-state index in [1.54, 1.807) is 18.3 Å². The van der Waals surface area contributed by atoms with Crippen LogP contribution in [0, 0.1) is 10.1 Å². The lowest BCUT2D eigenvalue weighted by Gasteiger charge is -2.17. The molecule has 0 aromatic heterocycles. The second-order valence-electron chi connectivity index (χ2n) is 5.67. The van der Waals surface area contributed by atoms with E-state index in [2.05, 4.69) is 5.32 Å². The number of aryl methyl sites for hydroxylation is 1. The minimum absolute atomic E-state index is 0.0389. The molecule has 1 aliphatic rings. The van der Waals surface area contributed by atoms with Gasteiger partial charge in [0.05, 0.1) is 17.6 Å². The maximum absolute atomic E-state index is 12.5. The van der Waals surface area contributed by atoms with Crippen LogP contribution in [-0.2, 0) is 6.42 Å². The number of ether oxygens (including phenoxy) is 1. The number of hydrogen-bond acceptors (Lipinski definition) is 5. The zero-order chi connectivity index (χ0) is 17.8. The van der Waals surface area contributed by atoms with E-state index in [1.165, 1.54) is 6.07 Å². The number of benzene rings is 2. The van der Waals surface area contributed by atoms with Crippen LogP contribution in [0.5, 0.6) is 5.75 Å². The van der Waals surface area contributed by atoms with E-state index in [1.807, 2.05) is 31.2 Å². The molecular formula is C19H18N2O4. The summed E-state index contributed by atoms with van der Waals surface area (Å²) >= 11 is 0. The highest BCUT2D eigenvalue weighted by Gasteiger charge is 2.22. The van der Waals surface area contributed by atoms with Crippen molar-refractivity contribution >= 4 is 17.2 Å². The van der Waals surface area contributed by atoms with E-state index in [4.69, 9.17) is 4.74 Å². The van der Waals surface area contributed by atoms with Crippen molar-refractivity contribution in [2.45, 2.75) is 19.8 Å². The molecule has 25 heavy (non-hydrogen) atoms. The number of hydrogen-bond donors (Lipinski definition) is 1. The SMILES string of the molecule is CCOc1ccc(N/C=C2\CCc3ccccc3C2=O)c([N+](=O)[O-])c1. The fraction of sp³-hybridized carbons (Fsp3) is 0.211. The standard InChI is InChI=1S/C19H18N2O4/c1-2-25-15-9-10-17(18(11-15)21(23)24)20-12-14-8-7-13-5-3-4-6-16(13)19(14)22/h3-6,9-12,20H,2,7-8H2,1H3/b14-12+. The molecule has 128 valence electrons. The molecule has 0 heterocycles. The number of anilines is 1. The summed E-state index contributed by atoms with van der Waals surface area (Å²) in [5.41, 5.74) is 2.58. The molecule has 0 unspecified atom stereocenters. The highest BCUT2D eigenvalue weighted by molar-refractivity contribution is 6.10. The summed E-state index contributed by atoms with van der Waals surface area (Å²) in [5, 5.41) is 14.2. The number of ketones is 1. The molecular weight excluding hydrogens is 320 g/mol. The number of Topliss-reactive ketones (excluding diaryl/α,β-unsaturated/α-hetero) is 1. The lowest BCUT2D eigenvalue weighted by molar-refractivity contribution is -0.384. The molecule has 2 aromatic carbocycles. The summed E-state index contributed by atoms with van der Waals surface area (Å²) in [6, 6.07) is 12.1. The number of nitro groups is 1. The molecule has 6 heteroatoms. The van der Waals surface area contributed by atoms with Crippen molar-refractivity contribution in [1.82, 2.24) is 0 Å². The van der Waals surface area contributed by atoms with Gasteiger partial charge in [0.2, 0.25) is 0 Å². The highest BCUT2D eigenvalue weighted by atomic mass is 16.6. The molecule has 0 bridgehead atoms. The first kappa shape index (κ1) is 16.7. The fourth-order valence-corrected chi connectivity index (χ4v) is 2.86. The molecule has 0 radical (unpaired) electrons. The molecule has 2 aromatic rings. The van der Waals surface area contributed by atoms with Crippen molar-refractivity contribution in [3.8, 4) is 5.75 Å². The molecule has 6 nitrogen and oxygen atoms in total. The summed E-state index contributed by atoms with van der Waals surface area (Å²) in [6.07, 6.45) is 2.95. The Hall–Kier alpha value is -3.15. The fourth-order valence-electron chi connectivity index (χ4n) is 2.86. The second-order valence-corrected chi connectivity index (χ2v) is 5.67. The lowest BCUT2D eigenvalue weighted by atomic mass is 9.87. The zero-order valence-corrected chi connectivity index (χ0v) is 13.8. The summed E-state index contributed by atoms with van der Waals surface area (Å²) in [7, 11) is 0. The van der Waals surface area contributed by atoms with Gasteiger partial charge in [-0.15, -0.1) is 0 Å². The van der Waals surface area contributed by atoms with Crippen molar-refractivity contribution in [2.75, 3.05) is 11.9 Å². The smallest absolute Gasteiger partial charge is 0.296 e. The highest BCUT2D eigenvalue weighted by Crippen LogP contribution is 2.30. The number of allylic oxidation sites excluding steroid dienone is 1. The largest absolute Gasteiger partial charge is 0.494 e. The van der Waals surface area contributed by atoms with Crippen molar-refractivity contribution in [3.05, 3.63) is 75.5 Å². The summed E-state index contributed by atoms with van der Waals surface area (Å²) in [5.74, 6) is 0.401. The van der Waals surface area contributed by atoms with Gasteiger partial charge in [-0.25, -0.2) is 0 Å². The maximum Gasteiger partial charge on any atom is 0.296 e. The number of carbonyl (C=O) groups excluding carboxylic acids is 1. The van der Waals surface area contributed by atoms with Crippen molar-refractivity contribution in [1.29, 1.82) is 0 Å². The molecule has 0 spiro atoms. The minimum Gasteiger partial charge on any atom is -0.494 e. The molecule has 0 amide bonds. The third-order valence-corrected chi connectivity index (χ3v) is 4.10. The van der Waals surface area contributed by atoms with Gasteiger partial charge in [-0.1, -0.05) is 24.3 Å². The average Bonchev–Trinajstić information content (AvgIpc) is 2.62. The number of nitrogens with one attached hydrogen (secondary N) is 1. The van der Waals surface area contributed by atoms with Gasteiger partial charge in [0.1, 0.15) is 11.4 Å². The molecule has 0 aliphatic heterocycles. The van der Waals surface area contributed by atoms with Crippen LogP contribution < -0.4 is 10.1 Å². The Balaban J connectivity index is 1.85. The van der Waals surface area contributed by atoms with Crippen molar-refractivity contribution in [3.63, 3.8) is 0 Å². The number of rotatable bonds is 5. The number of fused-ring (bicyclic) bond motifs is 1. The molecule has 0 atom stereocenters. The average molecular weight is 338 g/mol. The molecule has 1 aliphatic carbocycles. The number of nitrogens with zero attached hydrogens (tertiary/aromatic N) is 1. The minimum atomic E-state index is -0.471. The first-order valence-corrected chi connectivity index (χ1v) is 8.09. The second kappa shape index (κ2) is 7.17. The summed E-state index contributed by atoms with van der Waals surface area (Å²) in [6.45, 7) is 2.25. The van der Waals surface area contributed by atoms with Crippen molar-refractivity contribution in [2.24, 2.45) is 0 Å². The molecule has 0 saturated heterocycles. The van der Waals surface area contributed by atoms with Gasteiger partial charge in [-0.2, -0.15) is 0 Å². The van der Waals surface area contributed by atoms with Gasteiger partial charge in [0.15, 0.2) is 5.78 Å². The van der Waals surface area contributed by atoms with Gasteiger partial charge in [0, 0.05) is 17.3 Å². The molecule has 0 fully saturated rings. The Morgan fingerprint density at radius 1 is 1.24 bits per heavy atom. The van der Waals surface area contributed by atoms with Crippen LogP contribution in [-0.4, -0.2) is 17.3 Å². The first-order chi connectivity index (χ1) is 12.1. The lowest BCUT2D eigenvalue weighted by Crippen LogP contribution is -2.15. The third kappa shape index (κ3) is 3.52. The third-order valence-electron chi connectivity index (χ3n) is 4.10. The molecule has 3 rings (SSSR count). The van der Waals surface area contributed by atoms with Crippen LogP contribution in [0.25, 0.3) is 0 Å². The van der Waals surface area contributed by atoms with Crippen LogP contribution in [0.3, 0.4) is 0 Å². The van der Waals surface area contributed by atoms with Crippen molar-refractivity contribution < 1.29 is 14.5 Å². The topological polar surface area (TPSA) is 81.5 Å². The van der Waals surface area contributed by atoms with Crippen LogP contribution in [0.4, 0.5) is 11.4 Å². The predicted octanol–water partition coefficient (Wildman–Crippen LogP) is 4.12. The number of carbonyl (C=O) groups is 1. The van der Waals surface area contributed by atoms with Crippen LogP contribution >= 0.6 is 0 Å². The van der Waals surface area contributed by atoms with E-state index < -0.39 is 4.92 Å². The van der Waals surface area contributed by atoms with E-state index in [-0.39, 0.29) is 11.5 Å². The van der Waals surface area contributed by atoms with Gasteiger partial charge in [-0.3, -0.25) is 14.9 Å². The van der Waals surface area contributed by atoms with Crippen LogP contribution in [0.15, 0.2) is 54.2 Å².